The number of rotatable bonds is 2. The van der Waals surface area contributed by atoms with Gasteiger partial charge in [0.05, 0.1) is 16.3 Å². The number of halogens is 3. The van der Waals surface area contributed by atoms with Gasteiger partial charge in [0.1, 0.15) is 0 Å². The van der Waals surface area contributed by atoms with Crippen LogP contribution in [0.4, 0.5) is 13.2 Å². The predicted molar refractivity (Wildman–Crippen MR) is 76.2 cm³/mol. The monoisotopic (exact) mass is 312 g/mol. The molecule has 0 aliphatic heterocycles. The number of alkyl halides is 3. The Balaban J connectivity index is 1.84. The van der Waals surface area contributed by atoms with Crippen LogP contribution in [0.3, 0.4) is 0 Å². The minimum atomic E-state index is -4.31. The third-order valence-electron chi connectivity index (χ3n) is 3.65. The van der Waals surface area contributed by atoms with Crippen LogP contribution in [0.5, 0.6) is 0 Å². The van der Waals surface area contributed by atoms with Gasteiger partial charge < -0.3 is 5.73 Å². The summed E-state index contributed by atoms with van der Waals surface area (Å²) in [7, 11) is 0. The highest BCUT2D eigenvalue weighted by molar-refractivity contribution is 7.11. The van der Waals surface area contributed by atoms with E-state index >= 15 is 0 Å². The topological polar surface area (TPSA) is 38.9 Å². The summed E-state index contributed by atoms with van der Waals surface area (Å²) < 4.78 is 38.1. The van der Waals surface area contributed by atoms with Crippen LogP contribution in [-0.4, -0.2) is 4.98 Å². The fraction of sp³-hybridized carbons (Fsp3) is 0.400. The molecule has 2 N–H and O–H groups in total. The Morgan fingerprint density at radius 1 is 1.33 bits per heavy atom. The quantitative estimate of drug-likeness (QED) is 0.907. The van der Waals surface area contributed by atoms with Crippen LogP contribution in [0.1, 0.15) is 45.6 Å². The predicted octanol–water partition coefficient (Wildman–Crippen LogP) is 4.09. The summed E-state index contributed by atoms with van der Waals surface area (Å²) in [4.78, 5) is 5.72. The molecule has 21 heavy (non-hydrogen) atoms. The number of benzene rings is 1. The third kappa shape index (κ3) is 3.11. The second-order valence-corrected chi connectivity index (χ2v) is 6.46. The molecule has 0 saturated heterocycles. The number of nitrogens with two attached hydrogens (primary N) is 1. The van der Waals surface area contributed by atoms with Crippen molar-refractivity contribution in [3.63, 3.8) is 0 Å². The SMILES string of the molecule is NC1CCCc2sc(Cc3cccc(C(F)(F)F)c3)nc21. The molecule has 1 aliphatic carbocycles. The van der Waals surface area contributed by atoms with Gasteiger partial charge in [-0.05, 0) is 30.9 Å². The van der Waals surface area contributed by atoms with E-state index in [9.17, 15) is 13.2 Å². The molecule has 3 rings (SSSR count). The second-order valence-electron chi connectivity index (χ2n) is 5.29. The van der Waals surface area contributed by atoms with Crippen LogP contribution in [0, 0.1) is 0 Å². The van der Waals surface area contributed by atoms with Gasteiger partial charge in [-0.2, -0.15) is 13.2 Å². The van der Waals surface area contributed by atoms with E-state index in [4.69, 9.17) is 5.73 Å². The van der Waals surface area contributed by atoms with E-state index in [0.717, 1.165) is 36.0 Å². The van der Waals surface area contributed by atoms with Crippen LogP contribution in [-0.2, 0) is 19.0 Å². The second kappa shape index (κ2) is 5.42. The molecule has 1 aliphatic rings. The molecular weight excluding hydrogens is 297 g/mol. The van der Waals surface area contributed by atoms with Crippen molar-refractivity contribution in [2.24, 2.45) is 5.73 Å². The fourth-order valence-electron chi connectivity index (χ4n) is 2.61. The van der Waals surface area contributed by atoms with Gasteiger partial charge in [0.25, 0.3) is 0 Å². The third-order valence-corrected chi connectivity index (χ3v) is 4.78. The molecule has 1 aromatic heterocycles. The van der Waals surface area contributed by atoms with E-state index in [1.165, 1.54) is 17.0 Å². The molecule has 0 bridgehead atoms. The molecule has 1 aromatic carbocycles. The van der Waals surface area contributed by atoms with Crippen LogP contribution >= 0.6 is 11.3 Å². The Hall–Kier alpha value is -1.40. The van der Waals surface area contributed by atoms with Gasteiger partial charge in [0.15, 0.2) is 0 Å². The van der Waals surface area contributed by atoms with Crippen molar-refractivity contribution in [3.05, 3.63) is 51.0 Å². The van der Waals surface area contributed by atoms with E-state index in [0.29, 0.717) is 12.0 Å². The van der Waals surface area contributed by atoms with Crippen molar-refractivity contribution in [2.45, 2.75) is 37.9 Å². The number of aryl methyl sites for hydroxylation is 1. The summed E-state index contributed by atoms with van der Waals surface area (Å²) >= 11 is 1.57. The van der Waals surface area contributed by atoms with Gasteiger partial charge in [-0.15, -0.1) is 11.3 Å². The standard InChI is InChI=1S/C15H15F3N2S/c16-15(17,18)10-4-1-3-9(7-10)8-13-20-14-11(19)5-2-6-12(14)21-13/h1,3-4,7,11H,2,5-6,8,19H2. The van der Waals surface area contributed by atoms with Crippen LogP contribution in [0.2, 0.25) is 0 Å². The lowest BCUT2D eigenvalue weighted by molar-refractivity contribution is -0.137. The summed E-state index contributed by atoms with van der Waals surface area (Å²) in [6, 6.07) is 5.40. The molecule has 112 valence electrons. The molecule has 2 aromatic rings. The zero-order valence-electron chi connectivity index (χ0n) is 11.3. The van der Waals surface area contributed by atoms with E-state index in [-0.39, 0.29) is 6.04 Å². The summed E-state index contributed by atoms with van der Waals surface area (Å²) in [5.41, 5.74) is 6.98. The zero-order valence-corrected chi connectivity index (χ0v) is 12.1. The normalized spacial score (nSPS) is 18.6. The number of thiazole rings is 1. The van der Waals surface area contributed by atoms with Gasteiger partial charge in [0.2, 0.25) is 0 Å². The molecule has 2 nitrogen and oxygen atoms in total. The Kier molecular flexibility index (Phi) is 3.75. The first-order valence-electron chi connectivity index (χ1n) is 6.83. The number of hydrogen-bond acceptors (Lipinski definition) is 3. The summed E-state index contributed by atoms with van der Waals surface area (Å²) in [5.74, 6) is 0. The number of nitrogens with zero attached hydrogens (tertiary/aromatic N) is 1. The first-order valence-corrected chi connectivity index (χ1v) is 7.65. The highest BCUT2D eigenvalue weighted by Crippen LogP contribution is 2.33. The number of fused-ring (bicyclic) bond motifs is 1. The largest absolute Gasteiger partial charge is 0.416 e. The van der Waals surface area contributed by atoms with Crippen molar-refractivity contribution < 1.29 is 13.2 Å². The van der Waals surface area contributed by atoms with E-state index < -0.39 is 11.7 Å². The van der Waals surface area contributed by atoms with E-state index in [2.05, 4.69) is 4.98 Å². The lowest BCUT2D eigenvalue weighted by Gasteiger charge is -2.15. The Bertz CT molecular complexity index is 649. The van der Waals surface area contributed by atoms with Gasteiger partial charge in [-0.3, -0.25) is 0 Å². The smallest absolute Gasteiger partial charge is 0.323 e. The summed E-state index contributed by atoms with van der Waals surface area (Å²) in [6.07, 6.45) is -0.919. The maximum Gasteiger partial charge on any atom is 0.416 e. The highest BCUT2D eigenvalue weighted by atomic mass is 32.1. The van der Waals surface area contributed by atoms with Gasteiger partial charge in [0, 0.05) is 17.3 Å². The molecule has 0 saturated carbocycles. The van der Waals surface area contributed by atoms with Crippen molar-refractivity contribution in [2.75, 3.05) is 0 Å². The molecule has 0 amide bonds. The van der Waals surface area contributed by atoms with Crippen LogP contribution in [0.25, 0.3) is 0 Å². The molecular formula is C15H15F3N2S. The minimum absolute atomic E-state index is 0.0275. The molecule has 1 unspecified atom stereocenters. The molecule has 0 radical (unpaired) electrons. The van der Waals surface area contributed by atoms with Crippen molar-refractivity contribution >= 4 is 11.3 Å². The maximum atomic E-state index is 12.7. The Labute approximate surface area is 124 Å². The first kappa shape index (κ1) is 14.5. The Morgan fingerprint density at radius 3 is 2.86 bits per heavy atom. The lowest BCUT2D eigenvalue weighted by Crippen LogP contribution is -2.16. The highest BCUT2D eigenvalue weighted by Gasteiger charge is 2.30. The lowest BCUT2D eigenvalue weighted by atomic mass is 9.99. The molecule has 6 heteroatoms. The van der Waals surface area contributed by atoms with Gasteiger partial charge in [-0.25, -0.2) is 4.98 Å². The molecule has 1 atom stereocenters. The van der Waals surface area contributed by atoms with E-state index in [1.807, 2.05) is 0 Å². The Morgan fingerprint density at radius 2 is 2.14 bits per heavy atom. The molecule has 0 fully saturated rings. The summed E-state index contributed by atoms with van der Waals surface area (Å²) in [5, 5.41) is 0.844. The van der Waals surface area contributed by atoms with Gasteiger partial charge in [-0.1, -0.05) is 18.2 Å². The first-order chi connectivity index (χ1) is 9.93. The van der Waals surface area contributed by atoms with Gasteiger partial charge >= 0.3 is 6.18 Å². The number of hydrogen-bond donors (Lipinski definition) is 1. The van der Waals surface area contributed by atoms with Crippen molar-refractivity contribution in [3.8, 4) is 0 Å². The fourth-order valence-corrected chi connectivity index (χ4v) is 3.83. The van der Waals surface area contributed by atoms with Crippen LogP contribution < -0.4 is 5.73 Å². The minimum Gasteiger partial charge on any atom is -0.323 e. The van der Waals surface area contributed by atoms with E-state index in [1.54, 1.807) is 17.4 Å². The van der Waals surface area contributed by atoms with Crippen molar-refractivity contribution in [1.82, 2.24) is 4.98 Å². The average molecular weight is 312 g/mol. The average Bonchev–Trinajstić information content (AvgIpc) is 2.82. The van der Waals surface area contributed by atoms with Crippen molar-refractivity contribution in [1.29, 1.82) is 0 Å². The maximum absolute atomic E-state index is 12.7. The number of aromatic nitrogens is 1. The molecule has 1 heterocycles. The van der Waals surface area contributed by atoms with Crippen LogP contribution in [0.15, 0.2) is 24.3 Å². The molecule has 0 spiro atoms. The zero-order chi connectivity index (χ0) is 15.0. The summed E-state index contributed by atoms with van der Waals surface area (Å²) in [6.45, 7) is 0.